The van der Waals surface area contributed by atoms with Crippen molar-refractivity contribution in [1.82, 2.24) is 9.97 Å². The van der Waals surface area contributed by atoms with Crippen molar-refractivity contribution in [2.45, 2.75) is 40.2 Å². The van der Waals surface area contributed by atoms with Gasteiger partial charge < -0.3 is 10.1 Å². The van der Waals surface area contributed by atoms with Gasteiger partial charge >= 0.3 is 0 Å². The van der Waals surface area contributed by atoms with Gasteiger partial charge in [0.15, 0.2) is 0 Å². The van der Waals surface area contributed by atoms with Crippen LogP contribution in [0.25, 0.3) is 0 Å². The van der Waals surface area contributed by atoms with E-state index in [2.05, 4.69) is 36.1 Å². The van der Waals surface area contributed by atoms with Gasteiger partial charge in [0.2, 0.25) is 0 Å². The number of nitrogens with zero attached hydrogens (tertiary/aromatic N) is 2. The minimum Gasteiger partial charge on any atom is -0.383 e. The summed E-state index contributed by atoms with van der Waals surface area (Å²) < 4.78 is 5.22. The summed E-state index contributed by atoms with van der Waals surface area (Å²) in [4.78, 5) is 8.78. The smallest absolute Gasteiger partial charge is 0.130 e. The third-order valence-electron chi connectivity index (χ3n) is 2.74. The number of ether oxygens (including phenoxy) is 1. The third-order valence-corrected chi connectivity index (χ3v) is 2.74. The maximum Gasteiger partial charge on any atom is 0.130 e. The lowest BCUT2D eigenvalue weighted by Crippen LogP contribution is -2.31. The number of methoxy groups -OCH3 is 1. The van der Waals surface area contributed by atoms with Gasteiger partial charge in [-0.25, -0.2) is 9.97 Å². The highest BCUT2D eigenvalue weighted by molar-refractivity contribution is 5.37. The lowest BCUT2D eigenvalue weighted by Gasteiger charge is -2.22. The first-order valence-corrected chi connectivity index (χ1v) is 6.16. The highest BCUT2D eigenvalue weighted by Crippen LogP contribution is 2.12. The Kier molecular flexibility index (Phi) is 5.35. The second-order valence-electron chi connectivity index (χ2n) is 4.60. The molecule has 1 N–H and O–H groups in total. The normalized spacial score (nSPS) is 12.8. The second-order valence-corrected chi connectivity index (χ2v) is 4.60. The van der Waals surface area contributed by atoms with Crippen LogP contribution < -0.4 is 5.32 Å². The van der Waals surface area contributed by atoms with Crippen LogP contribution in [-0.2, 0) is 11.2 Å². The first-order chi connectivity index (χ1) is 8.06. The van der Waals surface area contributed by atoms with Crippen molar-refractivity contribution in [3.63, 3.8) is 0 Å². The number of anilines is 1. The fraction of sp³-hybridized carbons (Fsp3) is 0.692. The minimum atomic E-state index is 0.277. The average Bonchev–Trinajstić information content (AvgIpc) is 2.27. The monoisotopic (exact) mass is 237 g/mol. The number of hydrogen-bond acceptors (Lipinski definition) is 4. The molecule has 1 atom stereocenters. The average molecular weight is 237 g/mol. The highest BCUT2D eigenvalue weighted by atomic mass is 16.5. The summed E-state index contributed by atoms with van der Waals surface area (Å²) >= 11 is 0. The van der Waals surface area contributed by atoms with Gasteiger partial charge in [0.25, 0.3) is 0 Å². The predicted molar refractivity (Wildman–Crippen MR) is 70.3 cm³/mol. The lowest BCUT2D eigenvalue weighted by atomic mass is 10.1. The number of nitrogens with one attached hydrogen (secondary N) is 1. The summed E-state index contributed by atoms with van der Waals surface area (Å²) in [5, 5.41) is 3.42. The highest BCUT2D eigenvalue weighted by Gasteiger charge is 2.14. The number of aromatic nitrogens is 2. The Morgan fingerprint density at radius 3 is 2.59 bits per heavy atom. The van der Waals surface area contributed by atoms with E-state index in [1.54, 1.807) is 7.11 Å². The summed E-state index contributed by atoms with van der Waals surface area (Å²) in [5.74, 6) is 2.20. The van der Waals surface area contributed by atoms with Crippen LogP contribution in [0.1, 0.15) is 32.3 Å². The summed E-state index contributed by atoms with van der Waals surface area (Å²) in [6.07, 6.45) is 0.925. The molecule has 0 bridgehead atoms. The van der Waals surface area contributed by atoms with E-state index in [0.717, 1.165) is 23.8 Å². The Morgan fingerprint density at radius 1 is 1.35 bits per heavy atom. The molecule has 0 amide bonds. The number of aryl methyl sites for hydroxylation is 2. The van der Waals surface area contributed by atoms with Gasteiger partial charge in [0.05, 0.1) is 12.6 Å². The molecule has 4 heteroatoms. The molecule has 0 aromatic carbocycles. The molecule has 0 fully saturated rings. The van der Waals surface area contributed by atoms with Crippen molar-refractivity contribution in [2.24, 2.45) is 5.92 Å². The molecule has 1 aromatic rings. The first-order valence-electron chi connectivity index (χ1n) is 6.16. The van der Waals surface area contributed by atoms with Crippen molar-refractivity contribution in [1.29, 1.82) is 0 Å². The molecule has 1 rings (SSSR count). The summed E-state index contributed by atoms with van der Waals surface area (Å²) in [7, 11) is 1.72. The van der Waals surface area contributed by atoms with Crippen LogP contribution in [-0.4, -0.2) is 29.7 Å². The summed E-state index contributed by atoms with van der Waals surface area (Å²) in [6, 6.07) is 2.29. The van der Waals surface area contributed by atoms with E-state index >= 15 is 0 Å². The van der Waals surface area contributed by atoms with Crippen LogP contribution in [0.15, 0.2) is 6.07 Å². The van der Waals surface area contributed by atoms with Crippen LogP contribution in [0.2, 0.25) is 0 Å². The van der Waals surface area contributed by atoms with Gasteiger partial charge in [0, 0.05) is 18.9 Å². The van der Waals surface area contributed by atoms with Crippen LogP contribution in [0.5, 0.6) is 0 Å². The topological polar surface area (TPSA) is 47.0 Å². The van der Waals surface area contributed by atoms with Crippen molar-refractivity contribution in [2.75, 3.05) is 19.0 Å². The zero-order valence-electron chi connectivity index (χ0n) is 11.4. The summed E-state index contributed by atoms with van der Waals surface area (Å²) in [5.41, 5.74) is 1.07. The fourth-order valence-electron chi connectivity index (χ4n) is 1.65. The Bertz CT molecular complexity index is 353. The molecule has 0 radical (unpaired) electrons. The summed E-state index contributed by atoms with van der Waals surface area (Å²) in [6.45, 7) is 9.05. The molecule has 0 aliphatic carbocycles. The van der Waals surface area contributed by atoms with E-state index in [1.807, 2.05) is 13.0 Å². The number of rotatable bonds is 6. The maximum absolute atomic E-state index is 5.22. The van der Waals surface area contributed by atoms with Crippen LogP contribution in [0, 0.1) is 12.8 Å². The molecule has 0 aliphatic heterocycles. The van der Waals surface area contributed by atoms with Crippen molar-refractivity contribution in [3.8, 4) is 0 Å². The first kappa shape index (κ1) is 13.9. The molecule has 1 unspecified atom stereocenters. The zero-order valence-corrected chi connectivity index (χ0v) is 11.4. The Morgan fingerprint density at radius 2 is 2.06 bits per heavy atom. The van der Waals surface area contributed by atoms with Gasteiger partial charge in [-0.1, -0.05) is 20.8 Å². The lowest BCUT2D eigenvalue weighted by molar-refractivity contribution is 0.171. The molecule has 1 aromatic heterocycles. The molecule has 0 aliphatic rings. The van der Waals surface area contributed by atoms with Crippen LogP contribution in [0.3, 0.4) is 0 Å². The van der Waals surface area contributed by atoms with Crippen LogP contribution in [0.4, 0.5) is 5.82 Å². The van der Waals surface area contributed by atoms with Gasteiger partial charge in [-0.05, 0) is 19.3 Å². The Labute approximate surface area is 104 Å². The van der Waals surface area contributed by atoms with E-state index in [9.17, 15) is 0 Å². The third kappa shape index (κ3) is 4.30. The minimum absolute atomic E-state index is 0.277. The molecule has 0 spiro atoms. The van der Waals surface area contributed by atoms with Crippen LogP contribution >= 0.6 is 0 Å². The van der Waals surface area contributed by atoms with Gasteiger partial charge in [-0.3, -0.25) is 0 Å². The van der Waals surface area contributed by atoms with Gasteiger partial charge in [-0.2, -0.15) is 0 Å². The van der Waals surface area contributed by atoms with Gasteiger partial charge in [0.1, 0.15) is 11.6 Å². The second kappa shape index (κ2) is 6.55. The van der Waals surface area contributed by atoms with Crippen molar-refractivity contribution >= 4 is 5.82 Å². The molecule has 96 valence electrons. The zero-order chi connectivity index (χ0) is 12.8. The maximum atomic E-state index is 5.22. The molecule has 0 saturated heterocycles. The largest absolute Gasteiger partial charge is 0.383 e. The quantitative estimate of drug-likeness (QED) is 0.825. The molecule has 1 heterocycles. The molecular weight excluding hydrogens is 214 g/mol. The fourth-order valence-corrected chi connectivity index (χ4v) is 1.65. The SMILES string of the molecule is CCc1cc(NC(COC)C(C)C)nc(C)n1. The Balaban J connectivity index is 2.81. The van der Waals surface area contributed by atoms with Crippen molar-refractivity contribution < 1.29 is 4.74 Å². The van der Waals surface area contributed by atoms with E-state index < -0.39 is 0 Å². The Hall–Kier alpha value is -1.16. The van der Waals surface area contributed by atoms with Gasteiger partial charge in [-0.15, -0.1) is 0 Å². The van der Waals surface area contributed by atoms with E-state index in [-0.39, 0.29) is 6.04 Å². The van der Waals surface area contributed by atoms with E-state index in [4.69, 9.17) is 4.74 Å². The van der Waals surface area contributed by atoms with E-state index in [1.165, 1.54) is 0 Å². The number of hydrogen-bond donors (Lipinski definition) is 1. The molecule has 4 nitrogen and oxygen atoms in total. The standard InChI is InChI=1S/C13H23N3O/c1-6-11-7-13(15-10(4)14-11)16-12(8-17-5)9(2)3/h7,9,12H,6,8H2,1-5H3,(H,14,15,16). The molecule has 0 saturated carbocycles. The predicted octanol–water partition coefficient (Wildman–Crippen LogP) is 2.43. The van der Waals surface area contributed by atoms with E-state index in [0.29, 0.717) is 12.5 Å². The van der Waals surface area contributed by atoms with Crippen molar-refractivity contribution in [3.05, 3.63) is 17.6 Å². The molecular formula is C13H23N3O. The molecule has 17 heavy (non-hydrogen) atoms.